The summed E-state index contributed by atoms with van der Waals surface area (Å²) in [4.78, 5) is 29.4. The zero-order valence-corrected chi connectivity index (χ0v) is 25.6. The molecule has 0 bridgehead atoms. The molecule has 41 heavy (non-hydrogen) atoms. The van der Waals surface area contributed by atoms with Crippen LogP contribution in [-0.2, 0) is 32.6 Å². The monoisotopic (exact) mass is 579 g/mol. The average Bonchev–Trinajstić information content (AvgIpc) is 2.90. The largest absolute Gasteiger partial charge is 0.494 e. The fraction of sp³-hybridized carbons (Fsp3) is 0.375. The number of carbonyl (C=O) groups is 2. The van der Waals surface area contributed by atoms with Gasteiger partial charge in [-0.25, -0.2) is 8.42 Å². The van der Waals surface area contributed by atoms with Gasteiger partial charge in [-0.1, -0.05) is 60.2 Å². The summed E-state index contributed by atoms with van der Waals surface area (Å²) >= 11 is 0. The van der Waals surface area contributed by atoms with Crippen molar-refractivity contribution in [2.24, 2.45) is 0 Å². The highest BCUT2D eigenvalue weighted by Crippen LogP contribution is 2.23. The summed E-state index contributed by atoms with van der Waals surface area (Å²) in [6, 6.07) is 22.9. The highest BCUT2D eigenvalue weighted by molar-refractivity contribution is 7.92. The van der Waals surface area contributed by atoms with Crippen LogP contribution in [0.2, 0.25) is 0 Å². The van der Waals surface area contributed by atoms with Crippen molar-refractivity contribution in [3.8, 4) is 5.75 Å². The van der Waals surface area contributed by atoms with Crippen LogP contribution in [-0.4, -0.2) is 56.1 Å². The van der Waals surface area contributed by atoms with E-state index in [0.29, 0.717) is 18.0 Å². The number of amides is 2. The van der Waals surface area contributed by atoms with Crippen LogP contribution in [0, 0.1) is 6.92 Å². The van der Waals surface area contributed by atoms with Crippen molar-refractivity contribution in [2.75, 3.05) is 23.7 Å². The summed E-state index contributed by atoms with van der Waals surface area (Å²) in [5, 5.41) is 3.02. The standard InChI is InChI=1S/C32H41N3O5S/c1-7-40-28-19-17-27(18-20-28)35(41(6,38)39)23-30(36)34(22-26-15-13-24(2)14-16-26)29(31(37)33-32(3,4)5)21-25-11-9-8-10-12-25/h8-20,29H,7,21-23H2,1-6H3,(H,33,37)/t29-/m0/s1. The van der Waals surface area contributed by atoms with Gasteiger partial charge in [-0.2, -0.15) is 0 Å². The van der Waals surface area contributed by atoms with E-state index in [1.807, 2.05) is 89.2 Å². The van der Waals surface area contributed by atoms with Crippen LogP contribution in [0.15, 0.2) is 78.9 Å². The van der Waals surface area contributed by atoms with Crippen molar-refractivity contribution in [2.45, 2.75) is 59.2 Å². The van der Waals surface area contributed by atoms with Crippen molar-refractivity contribution in [1.29, 1.82) is 0 Å². The van der Waals surface area contributed by atoms with Crippen LogP contribution in [0.5, 0.6) is 5.75 Å². The molecule has 0 unspecified atom stereocenters. The molecule has 0 saturated carbocycles. The van der Waals surface area contributed by atoms with E-state index in [4.69, 9.17) is 4.74 Å². The highest BCUT2D eigenvalue weighted by Gasteiger charge is 2.34. The number of hydrogen-bond donors (Lipinski definition) is 1. The molecule has 9 heteroatoms. The lowest BCUT2D eigenvalue weighted by atomic mass is 10.0. The quantitative estimate of drug-likeness (QED) is 0.335. The Morgan fingerprint density at radius 1 is 0.902 bits per heavy atom. The maximum absolute atomic E-state index is 14.1. The number of ether oxygens (including phenoxy) is 1. The number of aryl methyl sites for hydroxylation is 1. The van der Waals surface area contributed by atoms with Crippen molar-refractivity contribution in [1.82, 2.24) is 10.2 Å². The Labute approximate surface area is 244 Å². The number of benzene rings is 3. The lowest BCUT2D eigenvalue weighted by Gasteiger charge is -2.35. The topological polar surface area (TPSA) is 96.0 Å². The van der Waals surface area contributed by atoms with Crippen molar-refractivity contribution < 1.29 is 22.7 Å². The zero-order valence-electron chi connectivity index (χ0n) is 24.8. The molecule has 0 aliphatic rings. The summed E-state index contributed by atoms with van der Waals surface area (Å²) in [7, 11) is -3.84. The first-order valence-electron chi connectivity index (χ1n) is 13.7. The third-order valence-corrected chi connectivity index (χ3v) is 7.50. The minimum absolute atomic E-state index is 0.134. The zero-order chi connectivity index (χ0) is 30.2. The number of rotatable bonds is 12. The maximum atomic E-state index is 14.1. The van der Waals surface area contributed by atoms with Gasteiger partial charge in [-0.3, -0.25) is 13.9 Å². The van der Waals surface area contributed by atoms with Crippen molar-refractivity contribution in [3.05, 3.63) is 95.6 Å². The van der Waals surface area contributed by atoms with E-state index in [0.717, 1.165) is 27.3 Å². The van der Waals surface area contributed by atoms with Gasteiger partial charge in [0.2, 0.25) is 21.8 Å². The van der Waals surface area contributed by atoms with E-state index < -0.39 is 34.1 Å². The van der Waals surface area contributed by atoms with Gasteiger partial charge in [0, 0.05) is 18.5 Å². The Kier molecular flexibility index (Phi) is 10.6. The molecule has 0 heterocycles. The van der Waals surface area contributed by atoms with E-state index in [1.54, 1.807) is 24.3 Å². The van der Waals surface area contributed by atoms with Gasteiger partial charge in [-0.15, -0.1) is 0 Å². The normalized spacial score (nSPS) is 12.3. The molecule has 8 nitrogen and oxygen atoms in total. The molecule has 1 N–H and O–H groups in total. The van der Waals surface area contributed by atoms with Crippen LogP contribution in [0.4, 0.5) is 5.69 Å². The van der Waals surface area contributed by atoms with E-state index in [9.17, 15) is 18.0 Å². The van der Waals surface area contributed by atoms with E-state index >= 15 is 0 Å². The molecule has 0 radical (unpaired) electrons. The smallest absolute Gasteiger partial charge is 0.244 e. The fourth-order valence-corrected chi connectivity index (χ4v) is 5.24. The third kappa shape index (κ3) is 9.63. The summed E-state index contributed by atoms with van der Waals surface area (Å²) in [5.74, 6) is -0.206. The molecule has 3 aromatic rings. The molecular formula is C32H41N3O5S. The molecule has 0 aromatic heterocycles. The summed E-state index contributed by atoms with van der Waals surface area (Å²) < 4.78 is 32.4. The number of anilines is 1. The van der Waals surface area contributed by atoms with Crippen LogP contribution in [0.1, 0.15) is 44.4 Å². The van der Waals surface area contributed by atoms with Crippen LogP contribution in [0.3, 0.4) is 0 Å². The third-order valence-electron chi connectivity index (χ3n) is 6.36. The van der Waals surface area contributed by atoms with Crippen LogP contribution >= 0.6 is 0 Å². The van der Waals surface area contributed by atoms with Crippen molar-refractivity contribution in [3.63, 3.8) is 0 Å². The summed E-state index contributed by atoms with van der Waals surface area (Å²) in [6.45, 7) is 9.63. The number of nitrogens with one attached hydrogen (secondary N) is 1. The molecule has 0 aliphatic carbocycles. The molecule has 0 fully saturated rings. The molecule has 3 rings (SSSR count). The maximum Gasteiger partial charge on any atom is 0.244 e. The molecule has 0 saturated heterocycles. The predicted molar refractivity (Wildman–Crippen MR) is 163 cm³/mol. The molecule has 1 atom stereocenters. The summed E-state index contributed by atoms with van der Waals surface area (Å²) in [5.41, 5.74) is 2.58. The van der Waals surface area contributed by atoms with Gasteiger partial charge in [0.25, 0.3) is 0 Å². The Hall–Kier alpha value is -3.85. The molecule has 3 aromatic carbocycles. The first-order chi connectivity index (χ1) is 19.3. The SMILES string of the molecule is CCOc1ccc(N(CC(=O)N(Cc2ccc(C)cc2)[C@@H](Cc2ccccc2)C(=O)NC(C)(C)C)S(C)(=O)=O)cc1. The Bertz CT molecular complexity index is 1400. The second-order valence-electron chi connectivity index (χ2n) is 11.1. The van der Waals surface area contributed by atoms with Crippen LogP contribution < -0.4 is 14.4 Å². The minimum atomic E-state index is -3.84. The number of hydrogen-bond acceptors (Lipinski definition) is 5. The Morgan fingerprint density at radius 2 is 1.51 bits per heavy atom. The van der Waals surface area contributed by atoms with E-state index in [1.165, 1.54) is 4.90 Å². The average molecular weight is 580 g/mol. The highest BCUT2D eigenvalue weighted by atomic mass is 32.2. The summed E-state index contributed by atoms with van der Waals surface area (Å²) in [6.07, 6.45) is 1.33. The molecular weight excluding hydrogens is 538 g/mol. The second kappa shape index (κ2) is 13.7. The van der Waals surface area contributed by atoms with E-state index in [-0.39, 0.29) is 18.9 Å². The predicted octanol–water partition coefficient (Wildman–Crippen LogP) is 4.71. The molecule has 2 amide bonds. The first-order valence-corrected chi connectivity index (χ1v) is 15.5. The Morgan fingerprint density at radius 3 is 2.05 bits per heavy atom. The lowest BCUT2D eigenvalue weighted by Crippen LogP contribution is -2.56. The van der Waals surface area contributed by atoms with Gasteiger partial charge < -0.3 is 15.0 Å². The first kappa shape index (κ1) is 31.7. The number of carbonyl (C=O) groups excluding carboxylic acids is 2. The van der Waals surface area contributed by atoms with Gasteiger partial charge in [0.05, 0.1) is 18.6 Å². The van der Waals surface area contributed by atoms with Gasteiger partial charge in [0.15, 0.2) is 0 Å². The molecule has 220 valence electrons. The van der Waals surface area contributed by atoms with Gasteiger partial charge in [0.1, 0.15) is 18.3 Å². The van der Waals surface area contributed by atoms with Crippen LogP contribution in [0.25, 0.3) is 0 Å². The number of nitrogens with zero attached hydrogens (tertiary/aromatic N) is 2. The minimum Gasteiger partial charge on any atom is -0.494 e. The van der Waals surface area contributed by atoms with E-state index in [2.05, 4.69) is 5.32 Å². The fourth-order valence-electron chi connectivity index (χ4n) is 4.39. The molecule has 0 aliphatic heterocycles. The second-order valence-corrected chi connectivity index (χ2v) is 13.1. The van der Waals surface area contributed by atoms with Crippen molar-refractivity contribution >= 4 is 27.5 Å². The van der Waals surface area contributed by atoms with Gasteiger partial charge >= 0.3 is 0 Å². The Balaban J connectivity index is 2.04. The number of sulfonamides is 1. The molecule has 0 spiro atoms. The lowest BCUT2D eigenvalue weighted by molar-refractivity contribution is -0.140. The van der Waals surface area contributed by atoms with Gasteiger partial charge in [-0.05, 0) is 70.0 Å².